The van der Waals surface area contributed by atoms with E-state index in [1.165, 1.54) is 44.4 Å². The van der Waals surface area contributed by atoms with Crippen LogP contribution in [0.4, 0.5) is 4.39 Å². The topological polar surface area (TPSA) is 141 Å². The number of primary amides is 1. The van der Waals surface area contributed by atoms with Gasteiger partial charge in [0.15, 0.2) is 0 Å². The molecule has 3 rings (SSSR count). The molecule has 0 bridgehead atoms. The Bertz CT molecular complexity index is 1290. The summed E-state index contributed by atoms with van der Waals surface area (Å²) in [5, 5.41) is 5.58. The predicted octanol–water partition coefficient (Wildman–Crippen LogP) is 1.20. The van der Waals surface area contributed by atoms with E-state index in [0.29, 0.717) is 22.3 Å². The summed E-state index contributed by atoms with van der Waals surface area (Å²) in [5.41, 5.74) is 6.03. The van der Waals surface area contributed by atoms with Gasteiger partial charge in [0.2, 0.25) is 17.7 Å². The van der Waals surface area contributed by atoms with E-state index in [1.54, 1.807) is 18.2 Å². The molecule has 3 aromatic rings. The first kappa shape index (κ1) is 24.4. The molecule has 2 aromatic carbocycles. The highest BCUT2D eigenvalue weighted by Crippen LogP contribution is 2.23. The minimum absolute atomic E-state index is 0.00763. The van der Waals surface area contributed by atoms with Gasteiger partial charge in [0.05, 0.1) is 7.11 Å². The Morgan fingerprint density at radius 1 is 1.06 bits per heavy atom. The van der Waals surface area contributed by atoms with Gasteiger partial charge in [-0.3, -0.25) is 14.4 Å². The molecule has 9 nitrogen and oxygen atoms in total. The highest BCUT2D eigenvalue weighted by molar-refractivity contribution is 5.92. The number of amides is 3. The zero-order chi connectivity index (χ0) is 24.8. The maximum atomic E-state index is 13.6. The number of nitrogens with one attached hydrogen (secondary N) is 2. The van der Waals surface area contributed by atoms with E-state index in [0.717, 1.165) is 0 Å². The minimum Gasteiger partial charge on any atom is -0.497 e. The van der Waals surface area contributed by atoms with Gasteiger partial charge in [-0.25, -0.2) is 9.18 Å². The predicted molar refractivity (Wildman–Crippen MR) is 122 cm³/mol. The lowest BCUT2D eigenvalue weighted by atomic mass is 10.0. The summed E-state index contributed by atoms with van der Waals surface area (Å²) in [6.45, 7) is 1.24. The Balaban J connectivity index is 1.86. The number of rotatable bonds is 9. The summed E-state index contributed by atoms with van der Waals surface area (Å²) in [4.78, 5) is 48.8. The van der Waals surface area contributed by atoms with Crippen molar-refractivity contribution in [2.24, 2.45) is 5.73 Å². The van der Waals surface area contributed by atoms with Gasteiger partial charge >= 0.3 is 5.63 Å². The first-order valence-electron chi connectivity index (χ1n) is 10.4. The number of carbonyl (C=O) groups is 3. The van der Waals surface area contributed by atoms with E-state index in [2.05, 4.69) is 10.6 Å². The lowest BCUT2D eigenvalue weighted by Gasteiger charge is -2.22. The van der Waals surface area contributed by atoms with Crippen molar-refractivity contribution >= 4 is 28.7 Å². The molecule has 4 N–H and O–H groups in total. The summed E-state index contributed by atoms with van der Waals surface area (Å²) in [5.74, 6) is -2.01. The summed E-state index contributed by atoms with van der Waals surface area (Å²) in [6, 6.07) is 9.41. The van der Waals surface area contributed by atoms with Crippen LogP contribution in [0.2, 0.25) is 0 Å². The number of nitrogens with two attached hydrogens (primary N) is 1. The van der Waals surface area contributed by atoms with Crippen molar-refractivity contribution in [1.82, 2.24) is 10.6 Å². The molecule has 0 aliphatic heterocycles. The maximum Gasteiger partial charge on any atom is 0.336 e. The number of halogens is 1. The van der Waals surface area contributed by atoms with Gasteiger partial charge in [0.1, 0.15) is 29.2 Å². The third-order valence-corrected chi connectivity index (χ3v) is 5.14. The van der Waals surface area contributed by atoms with Crippen LogP contribution in [0.1, 0.15) is 18.1 Å². The summed E-state index contributed by atoms with van der Waals surface area (Å²) >= 11 is 0. The fourth-order valence-corrected chi connectivity index (χ4v) is 3.58. The fourth-order valence-electron chi connectivity index (χ4n) is 3.58. The Morgan fingerprint density at radius 3 is 2.47 bits per heavy atom. The van der Waals surface area contributed by atoms with Crippen molar-refractivity contribution in [2.45, 2.75) is 31.8 Å². The largest absolute Gasteiger partial charge is 0.497 e. The van der Waals surface area contributed by atoms with Crippen LogP contribution in [0, 0.1) is 5.82 Å². The van der Waals surface area contributed by atoms with Crippen LogP contribution in [0.3, 0.4) is 0 Å². The molecular formula is C24H24FN3O6. The number of methoxy groups -OCH3 is 1. The number of ether oxygens (including phenoxy) is 1. The quantitative estimate of drug-likeness (QED) is 0.402. The van der Waals surface area contributed by atoms with E-state index in [1.807, 2.05) is 0 Å². The molecule has 0 saturated heterocycles. The SMILES string of the molecule is COc1ccc2c(C[C@H](NC(=O)[C@@H](Cc3cccc(F)c3)NC(C)=O)C(N)=O)cc(=O)oc2c1. The number of hydrogen-bond acceptors (Lipinski definition) is 6. The molecule has 34 heavy (non-hydrogen) atoms. The smallest absolute Gasteiger partial charge is 0.336 e. The van der Waals surface area contributed by atoms with Gasteiger partial charge in [0.25, 0.3) is 0 Å². The second kappa shape index (κ2) is 10.6. The van der Waals surface area contributed by atoms with Crippen LogP contribution in [0.15, 0.2) is 57.7 Å². The molecule has 2 atom stereocenters. The molecule has 1 heterocycles. The molecule has 0 spiro atoms. The Labute approximate surface area is 194 Å². The average molecular weight is 469 g/mol. The van der Waals surface area contributed by atoms with Crippen molar-refractivity contribution in [3.8, 4) is 5.75 Å². The number of hydrogen-bond donors (Lipinski definition) is 3. The third-order valence-electron chi connectivity index (χ3n) is 5.14. The van der Waals surface area contributed by atoms with Crippen molar-refractivity contribution in [2.75, 3.05) is 7.11 Å². The van der Waals surface area contributed by atoms with Gasteiger partial charge in [-0.05, 0) is 35.4 Å². The van der Waals surface area contributed by atoms with E-state index in [-0.39, 0.29) is 18.4 Å². The fraction of sp³-hybridized carbons (Fsp3) is 0.250. The summed E-state index contributed by atoms with van der Waals surface area (Å²) in [6.07, 6.45) is -0.103. The maximum absolute atomic E-state index is 13.6. The average Bonchev–Trinajstić information content (AvgIpc) is 2.77. The highest BCUT2D eigenvalue weighted by atomic mass is 19.1. The van der Waals surface area contributed by atoms with E-state index in [9.17, 15) is 23.6 Å². The highest BCUT2D eigenvalue weighted by Gasteiger charge is 2.26. The lowest BCUT2D eigenvalue weighted by Crippen LogP contribution is -2.54. The second-order valence-electron chi connectivity index (χ2n) is 7.71. The molecule has 10 heteroatoms. The van der Waals surface area contributed by atoms with Crippen molar-refractivity contribution < 1.29 is 27.9 Å². The molecular weight excluding hydrogens is 445 g/mol. The van der Waals surface area contributed by atoms with Gasteiger partial charge < -0.3 is 25.5 Å². The normalized spacial score (nSPS) is 12.6. The van der Waals surface area contributed by atoms with E-state index < -0.39 is 41.2 Å². The van der Waals surface area contributed by atoms with Crippen LogP contribution in [0.25, 0.3) is 11.0 Å². The zero-order valence-electron chi connectivity index (χ0n) is 18.6. The van der Waals surface area contributed by atoms with Gasteiger partial charge in [-0.2, -0.15) is 0 Å². The first-order valence-corrected chi connectivity index (χ1v) is 10.4. The number of fused-ring (bicyclic) bond motifs is 1. The van der Waals surface area contributed by atoms with Crippen molar-refractivity contribution in [3.63, 3.8) is 0 Å². The molecule has 0 aliphatic rings. The molecule has 3 amide bonds. The summed E-state index contributed by atoms with van der Waals surface area (Å²) < 4.78 is 23.9. The van der Waals surface area contributed by atoms with Crippen LogP contribution < -0.4 is 26.7 Å². The molecule has 1 aromatic heterocycles. The minimum atomic E-state index is -1.19. The molecule has 0 saturated carbocycles. The third kappa shape index (κ3) is 6.18. The molecule has 178 valence electrons. The molecule has 0 fully saturated rings. The van der Waals surface area contributed by atoms with Crippen LogP contribution in [0.5, 0.6) is 5.75 Å². The van der Waals surface area contributed by atoms with E-state index in [4.69, 9.17) is 14.9 Å². The lowest BCUT2D eigenvalue weighted by molar-refractivity contribution is -0.130. The molecule has 0 unspecified atom stereocenters. The molecule has 0 aliphatic carbocycles. The van der Waals surface area contributed by atoms with Crippen LogP contribution in [-0.4, -0.2) is 36.9 Å². The van der Waals surface area contributed by atoms with Crippen LogP contribution >= 0.6 is 0 Å². The molecule has 0 radical (unpaired) electrons. The van der Waals surface area contributed by atoms with Crippen molar-refractivity contribution in [3.05, 3.63) is 75.9 Å². The Hall–Kier alpha value is -4.21. The zero-order valence-corrected chi connectivity index (χ0v) is 18.6. The number of carbonyl (C=O) groups excluding carboxylic acids is 3. The Morgan fingerprint density at radius 2 is 1.82 bits per heavy atom. The second-order valence-corrected chi connectivity index (χ2v) is 7.71. The van der Waals surface area contributed by atoms with Gasteiger partial charge in [0, 0.05) is 37.3 Å². The summed E-state index contributed by atoms with van der Waals surface area (Å²) in [7, 11) is 1.47. The van der Waals surface area contributed by atoms with Crippen molar-refractivity contribution in [1.29, 1.82) is 0 Å². The van der Waals surface area contributed by atoms with Gasteiger partial charge in [-0.1, -0.05) is 12.1 Å². The first-order chi connectivity index (χ1) is 16.2. The van der Waals surface area contributed by atoms with E-state index >= 15 is 0 Å². The van der Waals surface area contributed by atoms with Gasteiger partial charge in [-0.15, -0.1) is 0 Å². The van der Waals surface area contributed by atoms with Crippen LogP contribution in [-0.2, 0) is 27.2 Å². The Kier molecular flexibility index (Phi) is 7.62. The monoisotopic (exact) mass is 469 g/mol. The standard InChI is InChI=1S/C24H24FN3O6/c1-13(29)27-20(9-14-4-3-5-16(25)8-14)24(32)28-19(23(26)31)10-15-11-22(30)34-21-12-17(33-2)6-7-18(15)21/h3-8,11-12,19-20H,9-10H2,1-2H3,(H2,26,31)(H,27,29)(H,28,32)/t19-,20+/m0/s1. The number of benzene rings is 2.